The van der Waals surface area contributed by atoms with Crippen LogP contribution in [0.5, 0.6) is 5.75 Å². The maximum atomic E-state index is 5.14. The second-order valence-electron chi connectivity index (χ2n) is 4.01. The summed E-state index contributed by atoms with van der Waals surface area (Å²) < 4.78 is 6.96. The van der Waals surface area contributed by atoms with Crippen LogP contribution in [0.1, 0.15) is 12.5 Å². The lowest BCUT2D eigenvalue weighted by Crippen LogP contribution is -2.20. The Bertz CT molecular complexity index is 510. The summed E-state index contributed by atoms with van der Waals surface area (Å²) in [7, 11) is 1.64. The average Bonchev–Trinajstić information content (AvgIpc) is 2.85. The molecule has 0 fully saturated rings. The second kappa shape index (κ2) is 5.93. The molecule has 0 saturated carbocycles. The molecule has 0 bridgehead atoms. The minimum absolute atomic E-state index is 0.158. The molecule has 0 aliphatic carbocycles. The molecule has 0 aliphatic rings. The molecular formula is C13H17N3OS. The van der Waals surface area contributed by atoms with Crippen molar-refractivity contribution in [1.29, 1.82) is 0 Å². The number of rotatable bonds is 5. The molecule has 2 rings (SSSR count). The van der Waals surface area contributed by atoms with Crippen molar-refractivity contribution < 1.29 is 4.74 Å². The molecule has 18 heavy (non-hydrogen) atoms. The lowest BCUT2D eigenvalue weighted by molar-refractivity contribution is 0.414. The van der Waals surface area contributed by atoms with Gasteiger partial charge in [0.2, 0.25) is 0 Å². The molecule has 0 aliphatic heterocycles. The highest BCUT2D eigenvalue weighted by atomic mass is 32.1. The van der Waals surface area contributed by atoms with E-state index in [1.807, 2.05) is 36.0 Å². The average molecular weight is 263 g/mol. The third kappa shape index (κ3) is 3.05. The molecule has 0 saturated heterocycles. The Morgan fingerprint density at radius 3 is 2.89 bits per heavy atom. The highest BCUT2D eigenvalue weighted by Gasteiger charge is 2.06. The molecule has 2 aromatic rings. The third-order valence-electron chi connectivity index (χ3n) is 2.62. The Hall–Kier alpha value is -1.46. The van der Waals surface area contributed by atoms with Crippen molar-refractivity contribution in [3.8, 4) is 11.4 Å². The lowest BCUT2D eigenvalue weighted by Gasteiger charge is -2.12. The van der Waals surface area contributed by atoms with Crippen LogP contribution >= 0.6 is 12.6 Å². The summed E-state index contributed by atoms with van der Waals surface area (Å²) in [5.41, 5.74) is 2.21. The number of thiol groups is 1. The first-order valence-electron chi connectivity index (χ1n) is 5.79. The second-order valence-corrected chi connectivity index (χ2v) is 4.78. The minimum atomic E-state index is 0.158. The van der Waals surface area contributed by atoms with Gasteiger partial charge in [-0.05, 0) is 18.6 Å². The SMILES string of the molecule is COc1cnn(-c2ccccc2CNC(C)S)c1. The summed E-state index contributed by atoms with van der Waals surface area (Å²) in [6.07, 6.45) is 3.56. The maximum Gasteiger partial charge on any atom is 0.157 e. The minimum Gasteiger partial charge on any atom is -0.493 e. The number of methoxy groups -OCH3 is 1. The number of para-hydroxylation sites is 1. The van der Waals surface area contributed by atoms with Crippen LogP contribution in [0.25, 0.3) is 5.69 Å². The van der Waals surface area contributed by atoms with Crippen molar-refractivity contribution in [1.82, 2.24) is 15.1 Å². The Morgan fingerprint density at radius 1 is 1.44 bits per heavy atom. The first-order valence-corrected chi connectivity index (χ1v) is 6.30. The summed E-state index contributed by atoms with van der Waals surface area (Å²) in [5, 5.41) is 7.73. The molecule has 0 amide bonds. The number of aromatic nitrogens is 2. The van der Waals surface area contributed by atoms with Crippen LogP contribution in [0.2, 0.25) is 0 Å². The van der Waals surface area contributed by atoms with Gasteiger partial charge >= 0.3 is 0 Å². The van der Waals surface area contributed by atoms with Gasteiger partial charge in [-0.2, -0.15) is 17.7 Å². The van der Waals surface area contributed by atoms with Crippen LogP contribution in [-0.2, 0) is 6.54 Å². The van der Waals surface area contributed by atoms with E-state index in [-0.39, 0.29) is 5.37 Å². The fraction of sp³-hybridized carbons (Fsp3) is 0.308. The fourth-order valence-electron chi connectivity index (χ4n) is 1.68. The van der Waals surface area contributed by atoms with E-state index in [9.17, 15) is 0 Å². The van der Waals surface area contributed by atoms with E-state index in [0.717, 1.165) is 18.0 Å². The van der Waals surface area contributed by atoms with E-state index in [1.165, 1.54) is 5.56 Å². The molecule has 1 unspecified atom stereocenters. The molecule has 0 spiro atoms. The molecular weight excluding hydrogens is 246 g/mol. The van der Waals surface area contributed by atoms with Gasteiger partial charge in [-0.15, -0.1) is 0 Å². The third-order valence-corrected chi connectivity index (χ3v) is 2.80. The van der Waals surface area contributed by atoms with Crippen molar-refractivity contribution >= 4 is 12.6 Å². The predicted octanol–water partition coefficient (Wildman–Crippen LogP) is 2.25. The maximum absolute atomic E-state index is 5.14. The molecule has 0 radical (unpaired) electrons. The monoisotopic (exact) mass is 263 g/mol. The van der Waals surface area contributed by atoms with E-state index in [0.29, 0.717) is 0 Å². The van der Waals surface area contributed by atoms with Gasteiger partial charge < -0.3 is 10.1 Å². The number of nitrogens with zero attached hydrogens (tertiary/aromatic N) is 2. The van der Waals surface area contributed by atoms with E-state index < -0.39 is 0 Å². The summed E-state index contributed by atoms with van der Waals surface area (Å²) in [5.74, 6) is 0.750. The number of hydrogen-bond donors (Lipinski definition) is 2. The summed E-state index contributed by atoms with van der Waals surface area (Å²) in [6.45, 7) is 2.76. The first kappa shape index (κ1) is 13.0. The normalized spacial score (nSPS) is 12.4. The van der Waals surface area contributed by atoms with Crippen LogP contribution in [0, 0.1) is 0 Å². The zero-order valence-corrected chi connectivity index (χ0v) is 11.4. The molecule has 96 valence electrons. The Balaban J connectivity index is 2.26. The molecule has 1 aromatic heterocycles. The van der Waals surface area contributed by atoms with Crippen LogP contribution in [-0.4, -0.2) is 22.3 Å². The smallest absolute Gasteiger partial charge is 0.157 e. The molecule has 1 N–H and O–H groups in total. The van der Waals surface area contributed by atoms with Gasteiger partial charge in [0.1, 0.15) is 0 Å². The van der Waals surface area contributed by atoms with Gasteiger partial charge in [0, 0.05) is 11.9 Å². The first-order chi connectivity index (χ1) is 8.70. The zero-order chi connectivity index (χ0) is 13.0. The van der Waals surface area contributed by atoms with E-state index in [4.69, 9.17) is 4.74 Å². The van der Waals surface area contributed by atoms with Gasteiger partial charge in [-0.3, -0.25) is 0 Å². The molecule has 1 heterocycles. The number of hydrogen-bond acceptors (Lipinski definition) is 4. The van der Waals surface area contributed by atoms with E-state index in [2.05, 4.69) is 29.1 Å². The van der Waals surface area contributed by atoms with Crippen LogP contribution in [0.4, 0.5) is 0 Å². The fourth-order valence-corrected chi connectivity index (χ4v) is 1.78. The Labute approximate surface area is 112 Å². The standard InChI is InChI=1S/C13H17N3OS/c1-10(18)14-7-11-5-3-4-6-13(11)16-9-12(17-2)8-15-16/h3-6,8-10,14,18H,7H2,1-2H3. The van der Waals surface area contributed by atoms with E-state index in [1.54, 1.807) is 13.3 Å². The topological polar surface area (TPSA) is 39.1 Å². The number of ether oxygens (including phenoxy) is 1. The van der Waals surface area contributed by atoms with Gasteiger partial charge in [0.25, 0.3) is 0 Å². The van der Waals surface area contributed by atoms with Crippen molar-refractivity contribution in [3.63, 3.8) is 0 Å². The number of benzene rings is 1. The highest BCUT2D eigenvalue weighted by Crippen LogP contribution is 2.17. The van der Waals surface area contributed by atoms with Gasteiger partial charge in [0.15, 0.2) is 5.75 Å². The van der Waals surface area contributed by atoms with Gasteiger partial charge in [-0.25, -0.2) is 4.68 Å². The van der Waals surface area contributed by atoms with E-state index >= 15 is 0 Å². The van der Waals surface area contributed by atoms with Crippen molar-refractivity contribution in [2.24, 2.45) is 0 Å². The molecule has 1 atom stereocenters. The molecule has 4 nitrogen and oxygen atoms in total. The van der Waals surface area contributed by atoms with Crippen molar-refractivity contribution in [2.75, 3.05) is 7.11 Å². The van der Waals surface area contributed by atoms with Crippen molar-refractivity contribution in [3.05, 3.63) is 42.2 Å². The van der Waals surface area contributed by atoms with Gasteiger partial charge in [-0.1, -0.05) is 18.2 Å². The number of nitrogens with one attached hydrogen (secondary N) is 1. The quantitative estimate of drug-likeness (QED) is 0.642. The lowest BCUT2D eigenvalue weighted by atomic mass is 10.2. The summed E-state index contributed by atoms with van der Waals surface area (Å²) in [6, 6.07) is 8.13. The Kier molecular flexibility index (Phi) is 4.28. The van der Waals surface area contributed by atoms with Crippen LogP contribution in [0.3, 0.4) is 0 Å². The van der Waals surface area contributed by atoms with Crippen LogP contribution in [0.15, 0.2) is 36.7 Å². The highest BCUT2D eigenvalue weighted by molar-refractivity contribution is 7.80. The largest absolute Gasteiger partial charge is 0.493 e. The zero-order valence-electron chi connectivity index (χ0n) is 10.5. The van der Waals surface area contributed by atoms with Crippen molar-refractivity contribution in [2.45, 2.75) is 18.8 Å². The van der Waals surface area contributed by atoms with Crippen LogP contribution < -0.4 is 10.1 Å². The Morgan fingerprint density at radius 2 is 2.22 bits per heavy atom. The molecule has 1 aromatic carbocycles. The summed E-state index contributed by atoms with van der Waals surface area (Å²) >= 11 is 4.32. The summed E-state index contributed by atoms with van der Waals surface area (Å²) in [4.78, 5) is 0. The molecule has 5 heteroatoms. The van der Waals surface area contributed by atoms with Gasteiger partial charge in [0.05, 0.1) is 25.2 Å². The predicted molar refractivity (Wildman–Crippen MR) is 75.4 cm³/mol.